The summed E-state index contributed by atoms with van der Waals surface area (Å²) in [4.78, 5) is 29.0. The monoisotopic (exact) mass is 419 g/mol. The highest BCUT2D eigenvalue weighted by atomic mass is 32.1. The standard InChI is InChI=1S/C22H17N3O4S/c1-3-12-28-16-10-8-15(9-11-16)13-19-21(27)25-22(30-19)23-20(24-25)17-6-4-5-7-18(17)29-14(2)26/h3-11,13H,1,12H2,2H3/b19-13-. The molecule has 30 heavy (non-hydrogen) atoms. The molecule has 0 aliphatic carbocycles. The molecule has 0 saturated carbocycles. The van der Waals surface area contributed by atoms with Crippen LogP contribution in [0.1, 0.15) is 12.5 Å². The van der Waals surface area contributed by atoms with Crippen LogP contribution in [0.5, 0.6) is 11.5 Å². The van der Waals surface area contributed by atoms with Crippen LogP contribution < -0.4 is 19.6 Å². The van der Waals surface area contributed by atoms with Gasteiger partial charge in [-0.1, -0.05) is 48.3 Å². The molecule has 7 nitrogen and oxygen atoms in total. The van der Waals surface area contributed by atoms with E-state index in [0.29, 0.717) is 33.2 Å². The molecular formula is C22H17N3O4S. The average Bonchev–Trinajstić information content (AvgIpc) is 3.27. The van der Waals surface area contributed by atoms with Gasteiger partial charge in [-0.2, -0.15) is 9.50 Å². The summed E-state index contributed by atoms with van der Waals surface area (Å²) < 4.78 is 12.5. The van der Waals surface area contributed by atoms with Crippen molar-refractivity contribution in [1.82, 2.24) is 14.6 Å². The lowest BCUT2D eigenvalue weighted by molar-refractivity contribution is -0.131. The minimum atomic E-state index is -0.439. The molecule has 0 aliphatic heterocycles. The number of carbonyl (C=O) groups is 1. The minimum Gasteiger partial charge on any atom is -0.490 e. The minimum absolute atomic E-state index is 0.259. The third-order valence-corrected chi connectivity index (χ3v) is 5.07. The predicted molar refractivity (Wildman–Crippen MR) is 115 cm³/mol. The first kappa shape index (κ1) is 19.5. The Morgan fingerprint density at radius 1 is 1.20 bits per heavy atom. The Morgan fingerprint density at radius 3 is 2.67 bits per heavy atom. The third kappa shape index (κ3) is 3.99. The number of para-hydroxylation sites is 1. The second-order valence-electron chi connectivity index (χ2n) is 6.30. The Morgan fingerprint density at radius 2 is 1.97 bits per heavy atom. The van der Waals surface area contributed by atoms with Gasteiger partial charge in [0.25, 0.3) is 5.56 Å². The van der Waals surface area contributed by atoms with Gasteiger partial charge in [-0.3, -0.25) is 9.59 Å². The van der Waals surface area contributed by atoms with Crippen LogP contribution in [0.25, 0.3) is 22.4 Å². The Bertz CT molecular complexity index is 1340. The van der Waals surface area contributed by atoms with Crippen molar-refractivity contribution in [1.29, 1.82) is 0 Å². The second kappa shape index (κ2) is 8.30. The van der Waals surface area contributed by atoms with Gasteiger partial charge in [0.1, 0.15) is 18.1 Å². The molecule has 0 atom stereocenters. The van der Waals surface area contributed by atoms with Gasteiger partial charge in [0.05, 0.1) is 10.1 Å². The Kier molecular flexibility index (Phi) is 5.40. The van der Waals surface area contributed by atoms with Gasteiger partial charge in [-0.15, -0.1) is 5.10 Å². The summed E-state index contributed by atoms with van der Waals surface area (Å²) in [6.07, 6.45) is 3.46. The summed E-state index contributed by atoms with van der Waals surface area (Å²) in [7, 11) is 0. The van der Waals surface area contributed by atoms with Crippen LogP contribution in [0.4, 0.5) is 0 Å². The van der Waals surface area contributed by atoms with Crippen LogP contribution in [0.3, 0.4) is 0 Å². The molecule has 0 spiro atoms. The first-order valence-corrected chi connectivity index (χ1v) is 9.89. The van der Waals surface area contributed by atoms with E-state index in [1.807, 2.05) is 24.3 Å². The van der Waals surface area contributed by atoms with Crippen molar-refractivity contribution in [2.24, 2.45) is 0 Å². The molecule has 4 aromatic rings. The van der Waals surface area contributed by atoms with Crippen LogP contribution in [0.2, 0.25) is 0 Å². The molecule has 0 radical (unpaired) electrons. The molecule has 0 fully saturated rings. The van der Waals surface area contributed by atoms with Crippen molar-refractivity contribution in [3.05, 3.63) is 81.6 Å². The van der Waals surface area contributed by atoms with Crippen LogP contribution in [0.15, 0.2) is 66.0 Å². The van der Waals surface area contributed by atoms with E-state index in [9.17, 15) is 9.59 Å². The number of fused-ring (bicyclic) bond motifs is 1. The lowest BCUT2D eigenvalue weighted by Gasteiger charge is -2.04. The normalized spacial score (nSPS) is 11.6. The maximum Gasteiger partial charge on any atom is 0.308 e. The van der Waals surface area contributed by atoms with Crippen LogP contribution in [-0.4, -0.2) is 27.2 Å². The first-order valence-electron chi connectivity index (χ1n) is 9.08. The maximum absolute atomic E-state index is 12.8. The number of benzene rings is 2. The zero-order valence-electron chi connectivity index (χ0n) is 16.1. The molecule has 0 unspecified atom stereocenters. The van der Waals surface area contributed by atoms with Crippen LogP contribution in [0, 0.1) is 0 Å². The fraction of sp³-hybridized carbons (Fsp3) is 0.0909. The molecule has 0 bridgehead atoms. The number of carbonyl (C=O) groups excluding carboxylic acids is 1. The highest BCUT2D eigenvalue weighted by molar-refractivity contribution is 7.15. The van der Waals surface area contributed by atoms with E-state index < -0.39 is 5.97 Å². The summed E-state index contributed by atoms with van der Waals surface area (Å²) in [6.45, 7) is 5.38. The van der Waals surface area contributed by atoms with Crippen LogP contribution in [-0.2, 0) is 4.79 Å². The lowest BCUT2D eigenvalue weighted by Crippen LogP contribution is -2.23. The van der Waals surface area contributed by atoms with Crippen molar-refractivity contribution < 1.29 is 14.3 Å². The predicted octanol–water partition coefficient (Wildman–Crippen LogP) is 2.86. The van der Waals surface area contributed by atoms with Crippen molar-refractivity contribution in [3.8, 4) is 22.9 Å². The Labute approximate surface area is 175 Å². The molecule has 0 aliphatic rings. The molecule has 4 rings (SSSR count). The van der Waals surface area contributed by atoms with E-state index in [-0.39, 0.29) is 5.56 Å². The largest absolute Gasteiger partial charge is 0.490 e. The van der Waals surface area contributed by atoms with E-state index >= 15 is 0 Å². The fourth-order valence-corrected chi connectivity index (χ4v) is 3.72. The molecule has 150 valence electrons. The first-order chi connectivity index (χ1) is 14.5. The van der Waals surface area contributed by atoms with E-state index in [1.54, 1.807) is 36.4 Å². The number of ether oxygens (including phenoxy) is 2. The number of rotatable bonds is 6. The zero-order valence-corrected chi connectivity index (χ0v) is 16.9. The molecular weight excluding hydrogens is 402 g/mol. The molecule has 8 heteroatoms. The number of esters is 1. The SMILES string of the molecule is C=CCOc1ccc(/C=c2\sc3nc(-c4ccccc4OC(C)=O)nn3c2=O)cc1. The van der Waals surface area contributed by atoms with Crippen LogP contribution >= 0.6 is 11.3 Å². The van der Waals surface area contributed by atoms with Gasteiger partial charge in [0.15, 0.2) is 5.82 Å². The second-order valence-corrected chi connectivity index (χ2v) is 7.31. The Balaban J connectivity index is 1.68. The summed E-state index contributed by atoms with van der Waals surface area (Å²) >= 11 is 1.24. The van der Waals surface area contributed by atoms with Gasteiger partial charge in [0, 0.05) is 6.92 Å². The number of nitrogens with zero attached hydrogens (tertiary/aromatic N) is 3. The van der Waals surface area contributed by atoms with Gasteiger partial charge in [0.2, 0.25) is 4.96 Å². The number of thiazole rings is 1. The van der Waals surface area contributed by atoms with Crippen molar-refractivity contribution in [2.75, 3.05) is 6.61 Å². The van der Waals surface area contributed by atoms with E-state index in [1.165, 1.54) is 22.8 Å². The van der Waals surface area contributed by atoms with Crippen molar-refractivity contribution in [3.63, 3.8) is 0 Å². The van der Waals surface area contributed by atoms with Gasteiger partial charge >= 0.3 is 5.97 Å². The fourth-order valence-electron chi connectivity index (χ4n) is 2.81. The van der Waals surface area contributed by atoms with E-state index in [2.05, 4.69) is 16.7 Å². The highest BCUT2D eigenvalue weighted by Gasteiger charge is 2.16. The zero-order chi connectivity index (χ0) is 21.1. The maximum atomic E-state index is 12.8. The summed E-state index contributed by atoms with van der Waals surface area (Å²) in [5.74, 6) is 0.964. The van der Waals surface area contributed by atoms with Crippen molar-refractivity contribution >= 4 is 28.3 Å². The highest BCUT2D eigenvalue weighted by Crippen LogP contribution is 2.27. The molecule has 0 amide bonds. The van der Waals surface area contributed by atoms with E-state index in [0.717, 1.165) is 11.3 Å². The lowest BCUT2D eigenvalue weighted by atomic mass is 10.2. The number of hydrogen-bond acceptors (Lipinski definition) is 7. The average molecular weight is 419 g/mol. The molecule has 0 saturated heterocycles. The molecule has 2 aromatic carbocycles. The number of aromatic nitrogens is 3. The quantitative estimate of drug-likeness (QED) is 0.272. The molecule has 0 N–H and O–H groups in total. The number of hydrogen-bond donors (Lipinski definition) is 0. The molecule has 2 heterocycles. The third-order valence-electron chi connectivity index (χ3n) is 4.11. The van der Waals surface area contributed by atoms with Gasteiger partial charge in [-0.25, -0.2) is 0 Å². The smallest absolute Gasteiger partial charge is 0.308 e. The summed E-state index contributed by atoms with van der Waals surface area (Å²) in [5.41, 5.74) is 1.15. The summed E-state index contributed by atoms with van der Waals surface area (Å²) in [6, 6.07) is 14.3. The summed E-state index contributed by atoms with van der Waals surface area (Å²) in [5, 5.41) is 4.32. The van der Waals surface area contributed by atoms with Crippen molar-refractivity contribution in [2.45, 2.75) is 6.92 Å². The Hall–Kier alpha value is -3.78. The van der Waals surface area contributed by atoms with Gasteiger partial charge in [-0.05, 0) is 35.9 Å². The van der Waals surface area contributed by atoms with E-state index in [4.69, 9.17) is 9.47 Å². The molecule has 2 aromatic heterocycles. The topological polar surface area (TPSA) is 82.8 Å². The van der Waals surface area contributed by atoms with Gasteiger partial charge < -0.3 is 9.47 Å².